The summed E-state index contributed by atoms with van der Waals surface area (Å²) in [6.45, 7) is 5.47. The van der Waals surface area contributed by atoms with Crippen molar-refractivity contribution in [2.24, 2.45) is 0 Å². The lowest BCUT2D eigenvalue weighted by Gasteiger charge is -2.15. The van der Waals surface area contributed by atoms with Gasteiger partial charge in [0.2, 0.25) is 10.0 Å². The zero-order chi connectivity index (χ0) is 20.1. The van der Waals surface area contributed by atoms with Crippen LogP contribution in [-0.4, -0.2) is 38.6 Å². The molecule has 1 fully saturated rings. The first-order chi connectivity index (χ1) is 13.3. The third-order valence-electron chi connectivity index (χ3n) is 4.84. The van der Waals surface area contributed by atoms with Gasteiger partial charge in [-0.3, -0.25) is 14.4 Å². The van der Waals surface area contributed by atoms with Crippen molar-refractivity contribution in [3.05, 3.63) is 64.7 Å². The van der Waals surface area contributed by atoms with E-state index in [1.165, 1.54) is 18.4 Å². The van der Waals surface area contributed by atoms with Crippen molar-refractivity contribution in [2.75, 3.05) is 24.1 Å². The second-order valence-electron chi connectivity index (χ2n) is 7.39. The maximum absolute atomic E-state index is 12.5. The number of carbonyl (C=O) groups excluding carboxylic acids is 1. The molecule has 2 N–H and O–H groups in total. The predicted molar refractivity (Wildman–Crippen MR) is 112 cm³/mol. The van der Waals surface area contributed by atoms with Crippen LogP contribution >= 0.6 is 0 Å². The number of benzene rings is 2. The number of nitrogens with zero attached hydrogens (tertiary/aromatic N) is 1. The van der Waals surface area contributed by atoms with E-state index in [2.05, 4.69) is 27.1 Å². The molecule has 6 nitrogen and oxygen atoms in total. The monoisotopic (exact) mass is 401 g/mol. The van der Waals surface area contributed by atoms with Crippen molar-refractivity contribution in [1.29, 1.82) is 0 Å². The number of amides is 1. The summed E-state index contributed by atoms with van der Waals surface area (Å²) in [4.78, 5) is 15.0. The normalized spacial score (nSPS) is 14.8. The molecule has 0 radical (unpaired) electrons. The maximum Gasteiger partial charge on any atom is 0.251 e. The summed E-state index contributed by atoms with van der Waals surface area (Å²) in [5.41, 5.74) is 3.90. The molecule has 2 aromatic carbocycles. The minimum absolute atomic E-state index is 0.235. The van der Waals surface area contributed by atoms with Gasteiger partial charge in [0.1, 0.15) is 0 Å². The zero-order valence-electron chi connectivity index (χ0n) is 16.4. The van der Waals surface area contributed by atoms with Crippen LogP contribution in [0.25, 0.3) is 0 Å². The second-order valence-corrected chi connectivity index (χ2v) is 9.14. The van der Waals surface area contributed by atoms with Gasteiger partial charge < -0.3 is 5.32 Å². The molecule has 0 bridgehead atoms. The minimum Gasteiger partial charge on any atom is -0.348 e. The molecule has 3 rings (SSSR count). The van der Waals surface area contributed by atoms with Crippen molar-refractivity contribution in [3.63, 3.8) is 0 Å². The molecular weight excluding hydrogens is 374 g/mol. The number of nitrogens with one attached hydrogen (secondary N) is 2. The average molecular weight is 402 g/mol. The van der Waals surface area contributed by atoms with E-state index in [4.69, 9.17) is 0 Å². The molecule has 0 aliphatic carbocycles. The minimum atomic E-state index is -3.40. The lowest BCUT2D eigenvalue weighted by Crippen LogP contribution is -2.23. The van der Waals surface area contributed by atoms with E-state index in [-0.39, 0.29) is 5.91 Å². The third kappa shape index (κ3) is 5.81. The lowest BCUT2D eigenvalue weighted by molar-refractivity contribution is 0.0951. The van der Waals surface area contributed by atoms with Gasteiger partial charge in [0, 0.05) is 18.7 Å². The largest absolute Gasteiger partial charge is 0.348 e. The Bertz CT molecular complexity index is 951. The molecular formula is C21H27N3O3S. The van der Waals surface area contributed by atoms with Gasteiger partial charge >= 0.3 is 0 Å². The summed E-state index contributed by atoms with van der Waals surface area (Å²) in [6, 6.07) is 13.3. The lowest BCUT2D eigenvalue weighted by atomic mass is 10.1. The van der Waals surface area contributed by atoms with Crippen LogP contribution < -0.4 is 10.0 Å². The van der Waals surface area contributed by atoms with E-state index in [1.54, 1.807) is 25.1 Å². The fourth-order valence-corrected chi connectivity index (χ4v) is 4.01. The van der Waals surface area contributed by atoms with Crippen LogP contribution in [0.5, 0.6) is 0 Å². The number of carbonyl (C=O) groups is 1. The first-order valence-electron chi connectivity index (χ1n) is 9.47. The fraction of sp³-hybridized carbons (Fsp3) is 0.381. The van der Waals surface area contributed by atoms with Gasteiger partial charge in [-0.25, -0.2) is 8.42 Å². The van der Waals surface area contributed by atoms with Crippen molar-refractivity contribution < 1.29 is 13.2 Å². The number of likely N-dealkylation sites (tertiary alicyclic amines) is 1. The van der Waals surface area contributed by atoms with Crippen molar-refractivity contribution in [1.82, 2.24) is 10.2 Å². The van der Waals surface area contributed by atoms with Gasteiger partial charge in [-0.2, -0.15) is 0 Å². The highest BCUT2D eigenvalue weighted by Crippen LogP contribution is 2.18. The van der Waals surface area contributed by atoms with E-state index >= 15 is 0 Å². The summed E-state index contributed by atoms with van der Waals surface area (Å²) in [6.07, 6.45) is 3.62. The SMILES string of the molecule is Cc1ccc(C(=O)NCc2cccc(CN3CCCC3)c2)cc1NS(C)(=O)=O. The Balaban J connectivity index is 1.63. The van der Waals surface area contributed by atoms with Crippen LogP contribution in [-0.2, 0) is 23.1 Å². The number of hydrogen-bond donors (Lipinski definition) is 2. The molecule has 1 saturated heterocycles. The fourth-order valence-electron chi connectivity index (χ4n) is 3.39. The number of rotatable bonds is 7. The number of hydrogen-bond acceptors (Lipinski definition) is 4. The standard InChI is InChI=1S/C21H27N3O3S/c1-16-8-9-19(13-20(16)23-28(2,26)27)21(25)22-14-17-6-5-7-18(12-17)15-24-10-3-4-11-24/h5-9,12-13,23H,3-4,10-11,14-15H2,1-2H3,(H,22,25). The number of sulfonamides is 1. The van der Waals surface area contributed by atoms with Gasteiger partial charge in [0.15, 0.2) is 0 Å². The molecule has 1 heterocycles. The second kappa shape index (κ2) is 8.75. The zero-order valence-corrected chi connectivity index (χ0v) is 17.2. The summed E-state index contributed by atoms with van der Waals surface area (Å²) < 4.78 is 25.4. The Morgan fingerprint density at radius 2 is 1.79 bits per heavy atom. The van der Waals surface area contributed by atoms with Crippen LogP contribution in [0.4, 0.5) is 5.69 Å². The smallest absolute Gasteiger partial charge is 0.251 e. The van der Waals surface area contributed by atoms with E-state index < -0.39 is 10.0 Å². The molecule has 1 aliphatic heterocycles. The van der Waals surface area contributed by atoms with E-state index in [9.17, 15) is 13.2 Å². The maximum atomic E-state index is 12.5. The predicted octanol–water partition coefficient (Wildman–Crippen LogP) is 2.89. The molecule has 0 saturated carbocycles. The molecule has 150 valence electrons. The Morgan fingerprint density at radius 3 is 2.50 bits per heavy atom. The molecule has 1 aliphatic rings. The highest BCUT2D eigenvalue weighted by atomic mass is 32.2. The number of anilines is 1. The molecule has 1 amide bonds. The van der Waals surface area contributed by atoms with Crippen LogP contribution in [0.1, 0.15) is 39.9 Å². The van der Waals surface area contributed by atoms with Crippen LogP contribution in [0.15, 0.2) is 42.5 Å². The molecule has 0 atom stereocenters. The summed E-state index contributed by atoms with van der Waals surface area (Å²) >= 11 is 0. The Kier molecular flexibility index (Phi) is 6.36. The van der Waals surface area contributed by atoms with Gasteiger partial charge in [-0.05, 0) is 61.7 Å². The van der Waals surface area contributed by atoms with E-state index in [0.29, 0.717) is 17.8 Å². The summed E-state index contributed by atoms with van der Waals surface area (Å²) in [7, 11) is -3.40. The first kappa shape index (κ1) is 20.4. The Morgan fingerprint density at radius 1 is 1.07 bits per heavy atom. The Hall–Kier alpha value is -2.38. The van der Waals surface area contributed by atoms with E-state index in [1.807, 2.05) is 12.1 Å². The van der Waals surface area contributed by atoms with Crippen molar-refractivity contribution in [3.8, 4) is 0 Å². The van der Waals surface area contributed by atoms with Gasteiger partial charge in [-0.15, -0.1) is 0 Å². The molecule has 0 unspecified atom stereocenters. The third-order valence-corrected chi connectivity index (χ3v) is 5.44. The topological polar surface area (TPSA) is 78.5 Å². The van der Waals surface area contributed by atoms with Crippen LogP contribution in [0, 0.1) is 6.92 Å². The average Bonchev–Trinajstić information content (AvgIpc) is 3.14. The number of aryl methyl sites for hydroxylation is 1. The molecule has 2 aromatic rings. The van der Waals surface area contributed by atoms with E-state index in [0.717, 1.165) is 37.0 Å². The summed E-state index contributed by atoms with van der Waals surface area (Å²) in [5, 5.41) is 2.92. The van der Waals surface area contributed by atoms with Crippen LogP contribution in [0.3, 0.4) is 0 Å². The molecule has 0 aromatic heterocycles. The van der Waals surface area contributed by atoms with Crippen LogP contribution in [0.2, 0.25) is 0 Å². The van der Waals surface area contributed by atoms with Crippen molar-refractivity contribution in [2.45, 2.75) is 32.9 Å². The van der Waals surface area contributed by atoms with Crippen molar-refractivity contribution >= 4 is 21.6 Å². The highest BCUT2D eigenvalue weighted by molar-refractivity contribution is 7.92. The quantitative estimate of drug-likeness (QED) is 0.748. The molecule has 0 spiro atoms. The van der Waals surface area contributed by atoms with Gasteiger partial charge in [0.25, 0.3) is 5.91 Å². The summed E-state index contributed by atoms with van der Waals surface area (Å²) in [5.74, 6) is -0.235. The molecule has 28 heavy (non-hydrogen) atoms. The highest BCUT2D eigenvalue weighted by Gasteiger charge is 2.13. The Labute approximate surface area is 167 Å². The first-order valence-corrected chi connectivity index (χ1v) is 11.4. The van der Waals surface area contributed by atoms with Gasteiger partial charge in [0.05, 0.1) is 11.9 Å². The van der Waals surface area contributed by atoms with Gasteiger partial charge in [-0.1, -0.05) is 30.3 Å². The molecule has 7 heteroatoms.